The Balaban J connectivity index is 1.84. The van der Waals surface area contributed by atoms with Gasteiger partial charge in [0.1, 0.15) is 5.75 Å². The summed E-state index contributed by atoms with van der Waals surface area (Å²) in [4.78, 5) is 0. The van der Waals surface area contributed by atoms with Crippen LogP contribution in [0, 0.1) is 5.92 Å². The van der Waals surface area contributed by atoms with Crippen molar-refractivity contribution in [3.8, 4) is 5.75 Å². The summed E-state index contributed by atoms with van der Waals surface area (Å²) < 4.78 is 17.3. The standard InChI is InChI=1S/C13H17BrO3/c1-15-12-2-3-13(14)11(6-12)9-17-8-10-4-5-16-7-10/h2-3,6,10H,4-5,7-9H2,1H3. The lowest BCUT2D eigenvalue weighted by atomic mass is 10.1. The predicted molar refractivity (Wildman–Crippen MR) is 69.3 cm³/mol. The number of benzene rings is 1. The minimum atomic E-state index is 0.555. The minimum Gasteiger partial charge on any atom is -0.497 e. The van der Waals surface area contributed by atoms with Crippen LogP contribution in [0.4, 0.5) is 0 Å². The fraction of sp³-hybridized carbons (Fsp3) is 0.538. The van der Waals surface area contributed by atoms with Gasteiger partial charge in [0.2, 0.25) is 0 Å². The van der Waals surface area contributed by atoms with Crippen LogP contribution < -0.4 is 4.74 Å². The third-order valence-corrected chi connectivity index (χ3v) is 3.66. The molecule has 4 heteroatoms. The highest BCUT2D eigenvalue weighted by Crippen LogP contribution is 2.23. The summed E-state index contributed by atoms with van der Waals surface area (Å²) in [7, 11) is 1.67. The van der Waals surface area contributed by atoms with E-state index in [9.17, 15) is 0 Å². The molecular formula is C13H17BrO3. The van der Waals surface area contributed by atoms with Crippen LogP contribution in [-0.2, 0) is 16.1 Å². The second kappa shape index (κ2) is 6.38. The molecule has 0 saturated carbocycles. The van der Waals surface area contributed by atoms with Crippen LogP contribution in [0.2, 0.25) is 0 Å². The van der Waals surface area contributed by atoms with E-state index in [4.69, 9.17) is 14.2 Å². The lowest BCUT2D eigenvalue weighted by molar-refractivity contribution is 0.0787. The lowest BCUT2D eigenvalue weighted by Crippen LogP contribution is -2.09. The molecule has 0 aromatic heterocycles. The van der Waals surface area contributed by atoms with E-state index in [1.165, 1.54) is 0 Å². The fourth-order valence-electron chi connectivity index (χ4n) is 1.84. The monoisotopic (exact) mass is 300 g/mol. The Morgan fingerprint density at radius 1 is 1.47 bits per heavy atom. The van der Waals surface area contributed by atoms with E-state index in [0.29, 0.717) is 12.5 Å². The number of methoxy groups -OCH3 is 1. The number of hydrogen-bond acceptors (Lipinski definition) is 3. The third-order valence-electron chi connectivity index (χ3n) is 2.89. The molecule has 2 rings (SSSR count). The van der Waals surface area contributed by atoms with Crippen molar-refractivity contribution in [3.63, 3.8) is 0 Å². The van der Waals surface area contributed by atoms with E-state index in [2.05, 4.69) is 15.9 Å². The molecule has 0 radical (unpaired) electrons. The molecular weight excluding hydrogens is 284 g/mol. The van der Waals surface area contributed by atoms with Crippen molar-refractivity contribution in [1.29, 1.82) is 0 Å². The van der Waals surface area contributed by atoms with Crippen LogP contribution >= 0.6 is 15.9 Å². The van der Waals surface area contributed by atoms with Gasteiger partial charge in [-0.2, -0.15) is 0 Å². The highest BCUT2D eigenvalue weighted by Gasteiger charge is 2.15. The van der Waals surface area contributed by atoms with Crippen molar-refractivity contribution in [2.24, 2.45) is 5.92 Å². The number of halogens is 1. The van der Waals surface area contributed by atoms with Gasteiger partial charge in [-0.25, -0.2) is 0 Å². The molecule has 1 aliphatic heterocycles. The normalized spacial score (nSPS) is 19.5. The van der Waals surface area contributed by atoms with Crippen LogP contribution in [0.5, 0.6) is 5.75 Å². The summed E-state index contributed by atoms with van der Waals surface area (Å²) in [5.74, 6) is 1.41. The van der Waals surface area contributed by atoms with Gasteiger partial charge >= 0.3 is 0 Å². The Kier molecular flexibility index (Phi) is 4.83. The van der Waals surface area contributed by atoms with E-state index in [0.717, 1.165) is 42.0 Å². The van der Waals surface area contributed by atoms with Crippen LogP contribution in [0.15, 0.2) is 22.7 Å². The van der Waals surface area contributed by atoms with E-state index in [1.54, 1.807) is 7.11 Å². The van der Waals surface area contributed by atoms with Crippen molar-refractivity contribution in [2.45, 2.75) is 13.0 Å². The Bertz CT molecular complexity index is 362. The second-order valence-electron chi connectivity index (χ2n) is 4.20. The van der Waals surface area contributed by atoms with Gasteiger partial charge in [0.15, 0.2) is 0 Å². The minimum absolute atomic E-state index is 0.555. The predicted octanol–water partition coefficient (Wildman–Crippen LogP) is 3.01. The molecule has 0 spiro atoms. The zero-order valence-corrected chi connectivity index (χ0v) is 11.5. The summed E-state index contributed by atoms with van der Waals surface area (Å²) in [5.41, 5.74) is 1.11. The molecule has 94 valence electrons. The van der Waals surface area contributed by atoms with Gasteiger partial charge in [0.25, 0.3) is 0 Å². The molecule has 0 aliphatic carbocycles. The van der Waals surface area contributed by atoms with Crippen molar-refractivity contribution in [1.82, 2.24) is 0 Å². The van der Waals surface area contributed by atoms with Gasteiger partial charge in [-0.05, 0) is 30.2 Å². The van der Waals surface area contributed by atoms with Gasteiger partial charge in [0.05, 0.1) is 26.9 Å². The number of ether oxygens (including phenoxy) is 3. The van der Waals surface area contributed by atoms with Gasteiger partial charge in [-0.3, -0.25) is 0 Å². The zero-order chi connectivity index (χ0) is 12.1. The summed E-state index contributed by atoms with van der Waals surface area (Å²) in [6, 6.07) is 5.91. The van der Waals surface area contributed by atoms with Gasteiger partial charge in [-0.15, -0.1) is 0 Å². The van der Waals surface area contributed by atoms with Crippen LogP contribution in [-0.4, -0.2) is 26.9 Å². The van der Waals surface area contributed by atoms with Crippen molar-refractivity contribution >= 4 is 15.9 Å². The largest absolute Gasteiger partial charge is 0.497 e. The van der Waals surface area contributed by atoms with Gasteiger partial charge < -0.3 is 14.2 Å². The molecule has 1 aromatic carbocycles. The zero-order valence-electron chi connectivity index (χ0n) is 9.95. The first-order valence-electron chi connectivity index (χ1n) is 5.77. The molecule has 1 unspecified atom stereocenters. The summed E-state index contributed by atoms with van der Waals surface area (Å²) >= 11 is 3.51. The van der Waals surface area contributed by atoms with Crippen molar-refractivity contribution in [2.75, 3.05) is 26.9 Å². The molecule has 1 fully saturated rings. The van der Waals surface area contributed by atoms with Gasteiger partial charge in [-0.1, -0.05) is 15.9 Å². The highest BCUT2D eigenvalue weighted by atomic mass is 79.9. The topological polar surface area (TPSA) is 27.7 Å². The third kappa shape index (κ3) is 3.69. The Morgan fingerprint density at radius 2 is 2.35 bits per heavy atom. The molecule has 0 bridgehead atoms. The molecule has 1 aliphatic rings. The van der Waals surface area contributed by atoms with Gasteiger partial charge in [0, 0.05) is 17.0 Å². The smallest absolute Gasteiger partial charge is 0.119 e. The Morgan fingerprint density at radius 3 is 3.06 bits per heavy atom. The maximum Gasteiger partial charge on any atom is 0.119 e. The quantitative estimate of drug-likeness (QED) is 0.837. The van der Waals surface area contributed by atoms with Crippen LogP contribution in [0.3, 0.4) is 0 Å². The Labute approximate surface area is 110 Å². The number of hydrogen-bond donors (Lipinski definition) is 0. The summed E-state index contributed by atoms with van der Waals surface area (Å²) in [5, 5.41) is 0. The average molecular weight is 301 g/mol. The maximum atomic E-state index is 5.72. The van der Waals surface area contributed by atoms with Crippen molar-refractivity contribution in [3.05, 3.63) is 28.2 Å². The van der Waals surface area contributed by atoms with E-state index in [1.807, 2.05) is 18.2 Å². The number of rotatable bonds is 5. The molecule has 1 aromatic rings. The molecule has 17 heavy (non-hydrogen) atoms. The lowest BCUT2D eigenvalue weighted by Gasteiger charge is -2.11. The van der Waals surface area contributed by atoms with Crippen LogP contribution in [0.25, 0.3) is 0 Å². The molecule has 1 saturated heterocycles. The average Bonchev–Trinajstić information content (AvgIpc) is 2.84. The molecule has 1 heterocycles. The first-order valence-corrected chi connectivity index (χ1v) is 6.57. The van der Waals surface area contributed by atoms with E-state index >= 15 is 0 Å². The van der Waals surface area contributed by atoms with E-state index in [-0.39, 0.29) is 0 Å². The molecule has 1 atom stereocenters. The fourth-order valence-corrected chi connectivity index (χ4v) is 2.20. The molecule has 0 N–H and O–H groups in total. The second-order valence-corrected chi connectivity index (χ2v) is 5.06. The summed E-state index contributed by atoms with van der Waals surface area (Å²) in [6.45, 7) is 3.08. The highest BCUT2D eigenvalue weighted by molar-refractivity contribution is 9.10. The summed E-state index contributed by atoms with van der Waals surface area (Å²) in [6.07, 6.45) is 1.11. The van der Waals surface area contributed by atoms with E-state index < -0.39 is 0 Å². The SMILES string of the molecule is COc1ccc(Br)c(COCC2CCOC2)c1. The van der Waals surface area contributed by atoms with Crippen molar-refractivity contribution < 1.29 is 14.2 Å². The van der Waals surface area contributed by atoms with Crippen LogP contribution in [0.1, 0.15) is 12.0 Å². The molecule has 3 nitrogen and oxygen atoms in total. The first kappa shape index (κ1) is 12.9. The Hall–Kier alpha value is -0.580. The maximum absolute atomic E-state index is 5.72. The molecule has 0 amide bonds. The first-order chi connectivity index (χ1) is 8.29.